The predicted molar refractivity (Wildman–Crippen MR) is 66.5 cm³/mol. The summed E-state index contributed by atoms with van der Waals surface area (Å²) in [6.45, 7) is 0. The SMILES string of the molecule is OC(Cc1c(F)cccc1F)c1ccccc1Cl. The maximum absolute atomic E-state index is 13.4. The van der Waals surface area contributed by atoms with E-state index in [1.165, 1.54) is 6.07 Å². The molecule has 1 atom stereocenters. The maximum atomic E-state index is 13.4. The van der Waals surface area contributed by atoms with Gasteiger partial charge in [-0.05, 0) is 23.8 Å². The molecule has 0 spiro atoms. The van der Waals surface area contributed by atoms with Crippen molar-refractivity contribution >= 4 is 11.6 Å². The zero-order chi connectivity index (χ0) is 13.1. The van der Waals surface area contributed by atoms with Gasteiger partial charge in [0.2, 0.25) is 0 Å². The smallest absolute Gasteiger partial charge is 0.129 e. The minimum atomic E-state index is -1.04. The normalized spacial score (nSPS) is 12.4. The van der Waals surface area contributed by atoms with Gasteiger partial charge in [0.1, 0.15) is 11.6 Å². The lowest BCUT2D eigenvalue weighted by atomic mass is 10.0. The molecule has 0 aliphatic carbocycles. The second kappa shape index (κ2) is 5.46. The van der Waals surface area contributed by atoms with Crippen LogP contribution in [0.2, 0.25) is 5.02 Å². The summed E-state index contributed by atoms with van der Waals surface area (Å²) in [5.41, 5.74) is 0.326. The molecule has 0 heterocycles. The summed E-state index contributed by atoms with van der Waals surface area (Å²) >= 11 is 5.92. The molecule has 0 aromatic heterocycles. The Kier molecular flexibility index (Phi) is 3.94. The van der Waals surface area contributed by atoms with Crippen LogP contribution in [0.25, 0.3) is 0 Å². The van der Waals surface area contributed by atoms with Crippen molar-refractivity contribution in [1.82, 2.24) is 0 Å². The molecule has 1 nitrogen and oxygen atoms in total. The van der Waals surface area contributed by atoms with Gasteiger partial charge in [0, 0.05) is 17.0 Å². The van der Waals surface area contributed by atoms with E-state index in [1.54, 1.807) is 24.3 Å². The minimum Gasteiger partial charge on any atom is -0.388 e. The summed E-state index contributed by atoms with van der Waals surface area (Å²) < 4.78 is 26.9. The molecule has 94 valence electrons. The van der Waals surface area contributed by atoms with Gasteiger partial charge in [0.25, 0.3) is 0 Å². The van der Waals surface area contributed by atoms with Gasteiger partial charge in [-0.15, -0.1) is 0 Å². The topological polar surface area (TPSA) is 20.2 Å². The van der Waals surface area contributed by atoms with Crippen LogP contribution in [0.15, 0.2) is 42.5 Å². The average Bonchev–Trinajstić information content (AvgIpc) is 2.34. The van der Waals surface area contributed by atoms with Gasteiger partial charge >= 0.3 is 0 Å². The van der Waals surface area contributed by atoms with Crippen LogP contribution in [-0.4, -0.2) is 5.11 Å². The van der Waals surface area contributed by atoms with E-state index in [0.717, 1.165) is 12.1 Å². The zero-order valence-corrected chi connectivity index (χ0v) is 10.2. The van der Waals surface area contributed by atoms with Gasteiger partial charge in [-0.2, -0.15) is 0 Å². The summed E-state index contributed by atoms with van der Waals surface area (Å²) in [6, 6.07) is 10.3. The average molecular weight is 269 g/mol. The molecule has 2 rings (SSSR count). The van der Waals surface area contributed by atoms with Gasteiger partial charge in [0.15, 0.2) is 0 Å². The summed E-state index contributed by atoms with van der Waals surface area (Å²) in [6.07, 6.45) is -1.19. The molecule has 1 N–H and O–H groups in total. The number of aliphatic hydroxyl groups excluding tert-OH is 1. The summed E-state index contributed by atoms with van der Waals surface area (Å²) in [5.74, 6) is -1.33. The lowest BCUT2D eigenvalue weighted by molar-refractivity contribution is 0.175. The van der Waals surface area contributed by atoms with Crippen molar-refractivity contribution in [2.45, 2.75) is 12.5 Å². The highest BCUT2D eigenvalue weighted by molar-refractivity contribution is 6.31. The van der Waals surface area contributed by atoms with Crippen LogP contribution in [0.1, 0.15) is 17.2 Å². The van der Waals surface area contributed by atoms with Crippen LogP contribution in [-0.2, 0) is 6.42 Å². The van der Waals surface area contributed by atoms with Crippen LogP contribution in [0.3, 0.4) is 0 Å². The Balaban J connectivity index is 2.27. The third-order valence-electron chi connectivity index (χ3n) is 2.72. The summed E-state index contributed by atoms with van der Waals surface area (Å²) in [4.78, 5) is 0. The number of hydrogen-bond acceptors (Lipinski definition) is 1. The van der Waals surface area contributed by atoms with Crippen LogP contribution in [0.4, 0.5) is 8.78 Å². The van der Waals surface area contributed by atoms with E-state index in [0.29, 0.717) is 10.6 Å². The second-order valence-electron chi connectivity index (χ2n) is 3.94. The van der Waals surface area contributed by atoms with E-state index in [9.17, 15) is 13.9 Å². The van der Waals surface area contributed by atoms with E-state index in [1.807, 2.05) is 0 Å². The molecule has 0 aliphatic rings. The van der Waals surface area contributed by atoms with Crippen molar-refractivity contribution in [3.8, 4) is 0 Å². The van der Waals surface area contributed by atoms with Crippen molar-refractivity contribution in [3.63, 3.8) is 0 Å². The summed E-state index contributed by atoms with van der Waals surface area (Å²) in [5, 5.41) is 10.4. The third kappa shape index (κ3) is 2.68. The van der Waals surface area contributed by atoms with Gasteiger partial charge in [-0.1, -0.05) is 35.9 Å². The van der Waals surface area contributed by atoms with Gasteiger partial charge in [-0.3, -0.25) is 0 Å². The van der Waals surface area contributed by atoms with E-state index in [4.69, 9.17) is 11.6 Å². The Bertz CT molecular complexity index is 537. The summed E-state index contributed by atoms with van der Waals surface area (Å²) in [7, 11) is 0. The highest BCUT2D eigenvalue weighted by atomic mass is 35.5. The van der Waals surface area contributed by atoms with Crippen molar-refractivity contribution < 1.29 is 13.9 Å². The van der Waals surface area contributed by atoms with Crippen LogP contribution < -0.4 is 0 Å². The van der Waals surface area contributed by atoms with E-state index in [-0.39, 0.29) is 12.0 Å². The van der Waals surface area contributed by atoms with E-state index >= 15 is 0 Å². The first-order valence-corrected chi connectivity index (χ1v) is 5.82. The van der Waals surface area contributed by atoms with E-state index < -0.39 is 17.7 Å². The fraction of sp³-hybridized carbons (Fsp3) is 0.143. The molecule has 0 fully saturated rings. The molecule has 0 radical (unpaired) electrons. The Hall–Kier alpha value is -1.45. The monoisotopic (exact) mass is 268 g/mol. The van der Waals surface area contributed by atoms with E-state index in [2.05, 4.69) is 0 Å². The third-order valence-corrected chi connectivity index (χ3v) is 3.07. The molecule has 1 unspecified atom stereocenters. The molecular weight excluding hydrogens is 258 g/mol. The van der Waals surface area contributed by atoms with Crippen molar-refractivity contribution in [1.29, 1.82) is 0 Å². The van der Waals surface area contributed by atoms with Crippen molar-refractivity contribution in [2.24, 2.45) is 0 Å². The molecular formula is C14H11ClF2O. The van der Waals surface area contributed by atoms with Crippen LogP contribution in [0, 0.1) is 11.6 Å². The fourth-order valence-electron chi connectivity index (χ4n) is 1.78. The highest BCUT2D eigenvalue weighted by Gasteiger charge is 2.16. The molecule has 0 aliphatic heterocycles. The molecule has 0 saturated carbocycles. The van der Waals surface area contributed by atoms with Crippen molar-refractivity contribution in [2.75, 3.05) is 0 Å². The first kappa shape index (κ1) is 13.0. The lowest BCUT2D eigenvalue weighted by Crippen LogP contribution is -2.06. The highest BCUT2D eigenvalue weighted by Crippen LogP contribution is 2.27. The van der Waals surface area contributed by atoms with Crippen LogP contribution >= 0.6 is 11.6 Å². The predicted octanol–water partition coefficient (Wildman–Crippen LogP) is 3.89. The molecule has 0 bridgehead atoms. The molecule has 18 heavy (non-hydrogen) atoms. The van der Waals surface area contributed by atoms with Gasteiger partial charge in [0.05, 0.1) is 6.10 Å². The molecule has 0 amide bonds. The quantitative estimate of drug-likeness (QED) is 0.895. The number of halogens is 3. The number of hydrogen-bond donors (Lipinski definition) is 1. The number of benzene rings is 2. The molecule has 2 aromatic carbocycles. The second-order valence-corrected chi connectivity index (χ2v) is 4.35. The Labute approximate surface area is 109 Å². The standard InChI is InChI=1S/C14H11ClF2O/c15-11-5-2-1-4-9(11)14(18)8-10-12(16)6-3-7-13(10)17/h1-7,14,18H,8H2. The first-order chi connectivity index (χ1) is 8.59. The number of aliphatic hydroxyl groups is 1. The maximum Gasteiger partial charge on any atom is 0.129 e. The minimum absolute atomic E-state index is 0.134. The fourth-order valence-corrected chi connectivity index (χ4v) is 2.04. The Morgan fingerprint density at radius 1 is 1.00 bits per heavy atom. The number of rotatable bonds is 3. The lowest BCUT2D eigenvalue weighted by Gasteiger charge is -2.13. The van der Waals surface area contributed by atoms with Gasteiger partial charge < -0.3 is 5.11 Å². The molecule has 2 aromatic rings. The van der Waals surface area contributed by atoms with Gasteiger partial charge in [-0.25, -0.2) is 8.78 Å². The molecule has 4 heteroatoms. The first-order valence-electron chi connectivity index (χ1n) is 5.45. The molecule has 0 saturated heterocycles. The van der Waals surface area contributed by atoms with Crippen LogP contribution in [0.5, 0.6) is 0 Å². The van der Waals surface area contributed by atoms with Crippen molar-refractivity contribution in [3.05, 3.63) is 70.2 Å². The Morgan fingerprint density at radius 3 is 2.22 bits per heavy atom. The largest absolute Gasteiger partial charge is 0.388 e. The zero-order valence-electron chi connectivity index (χ0n) is 9.41. The Morgan fingerprint density at radius 2 is 1.61 bits per heavy atom.